The summed E-state index contributed by atoms with van der Waals surface area (Å²) >= 11 is 0. The maximum atomic E-state index is 5.39. The number of rotatable bonds is 0. The van der Waals surface area contributed by atoms with Gasteiger partial charge >= 0.3 is 0 Å². The zero-order valence-electron chi connectivity index (χ0n) is 6.08. The first-order valence-corrected chi connectivity index (χ1v) is 3.56. The molecule has 0 spiro atoms. The second kappa shape index (κ2) is 2.31. The third kappa shape index (κ3) is 0.963. The Morgan fingerprint density at radius 1 is 1.36 bits per heavy atom. The molecule has 1 aromatic rings. The summed E-state index contributed by atoms with van der Waals surface area (Å²) in [6, 6.07) is 7.96. The average Bonchev–Trinajstić information content (AvgIpc) is 2.46. The average molecular weight is 147 g/mol. The molecule has 0 aromatic heterocycles. The van der Waals surface area contributed by atoms with Gasteiger partial charge in [-0.25, -0.2) is 0 Å². The highest BCUT2D eigenvalue weighted by atomic mass is 16.5. The number of hydrogen-bond donors (Lipinski definition) is 1. The van der Waals surface area contributed by atoms with Crippen LogP contribution in [0.25, 0.3) is 0 Å². The maximum Gasteiger partial charge on any atom is 0.130 e. The minimum Gasteiger partial charge on any atom is -0.460 e. The van der Waals surface area contributed by atoms with Crippen molar-refractivity contribution in [1.29, 1.82) is 0 Å². The highest BCUT2D eigenvalue weighted by Gasteiger charge is 2.14. The number of allylic oxidation sites excluding steroid dienone is 1. The summed E-state index contributed by atoms with van der Waals surface area (Å²) in [5.74, 6) is 1.77. The van der Waals surface area contributed by atoms with Gasteiger partial charge < -0.3 is 10.5 Å². The fourth-order valence-corrected chi connectivity index (χ4v) is 1.21. The van der Waals surface area contributed by atoms with Crippen LogP contribution < -0.4 is 10.5 Å². The molecule has 1 aromatic carbocycles. The van der Waals surface area contributed by atoms with E-state index in [-0.39, 0.29) is 0 Å². The van der Waals surface area contributed by atoms with Gasteiger partial charge in [0.2, 0.25) is 0 Å². The van der Waals surface area contributed by atoms with Crippen molar-refractivity contribution >= 4 is 0 Å². The van der Waals surface area contributed by atoms with Crippen molar-refractivity contribution in [1.82, 2.24) is 0 Å². The molecule has 1 heterocycles. The summed E-state index contributed by atoms with van der Waals surface area (Å²) in [4.78, 5) is 0. The summed E-state index contributed by atoms with van der Waals surface area (Å²) in [5, 5.41) is 0. The van der Waals surface area contributed by atoms with Crippen LogP contribution in [-0.4, -0.2) is 0 Å². The van der Waals surface area contributed by atoms with Crippen LogP contribution in [0.15, 0.2) is 36.2 Å². The smallest absolute Gasteiger partial charge is 0.130 e. The van der Waals surface area contributed by atoms with Gasteiger partial charge in [0, 0.05) is 18.2 Å². The summed E-state index contributed by atoms with van der Waals surface area (Å²) in [7, 11) is 0. The van der Waals surface area contributed by atoms with Gasteiger partial charge in [-0.15, -0.1) is 0 Å². The van der Waals surface area contributed by atoms with E-state index in [2.05, 4.69) is 0 Å². The van der Waals surface area contributed by atoms with E-state index in [1.165, 1.54) is 11.8 Å². The van der Waals surface area contributed by atoms with Gasteiger partial charge in [-0.1, -0.05) is 18.2 Å². The molecule has 2 rings (SSSR count). The van der Waals surface area contributed by atoms with Gasteiger partial charge in [0.1, 0.15) is 11.5 Å². The van der Waals surface area contributed by atoms with Gasteiger partial charge in [0.15, 0.2) is 0 Å². The molecule has 56 valence electrons. The van der Waals surface area contributed by atoms with Gasteiger partial charge in [-0.05, 0) is 6.07 Å². The van der Waals surface area contributed by atoms with E-state index in [1.807, 2.05) is 24.3 Å². The molecule has 1 aliphatic heterocycles. The number of hydrogen-bond acceptors (Lipinski definition) is 2. The molecule has 0 aliphatic carbocycles. The van der Waals surface area contributed by atoms with Crippen LogP contribution in [0.4, 0.5) is 0 Å². The van der Waals surface area contributed by atoms with E-state index >= 15 is 0 Å². The Balaban J connectivity index is 2.41. The van der Waals surface area contributed by atoms with Crippen molar-refractivity contribution in [3.63, 3.8) is 0 Å². The van der Waals surface area contributed by atoms with Gasteiger partial charge in [-0.3, -0.25) is 0 Å². The summed E-state index contributed by atoms with van der Waals surface area (Å²) in [6.07, 6.45) is 2.34. The van der Waals surface area contributed by atoms with Crippen LogP contribution in [-0.2, 0) is 6.42 Å². The highest BCUT2D eigenvalue weighted by molar-refractivity contribution is 5.41. The zero-order valence-corrected chi connectivity index (χ0v) is 6.08. The predicted octanol–water partition coefficient (Wildman–Crippen LogP) is 1.42. The van der Waals surface area contributed by atoms with Crippen molar-refractivity contribution in [2.24, 2.45) is 5.73 Å². The van der Waals surface area contributed by atoms with Crippen molar-refractivity contribution in [3.8, 4) is 5.75 Å². The van der Waals surface area contributed by atoms with E-state index in [1.54, 1.807) is 0 Å². The largest absolute Gasteiger partial charge is 0.460 e. The fourth-order valence-electron chi connectivity index (χ4n) is 1.21. The van der Waals surface area contributed by atoms with Crippen molar-refractivity contribution in [2.75, 3.05) is 0 Å². The molecule has 11 heavy (non-hydrogen) atoms. The lowest BCUT2D eigenvalue weighted by Gasteiger charge is -1.95. The normalized spacial score (nSPS) is 18.0. The SMILES string of the molecule is NC=C1Cc2ccccc2O1. The Bertz CT molecular complexity index is 277. The molecule has 2 nitrogen and oxygen atoms in total. The maximum absolute atomic E-state index is 5.39. The Hall–Kier alpha value is -1.44. The number of para-hydroxylation sites is 1. The molecule has 0 saturated heterocycles. The first kappa shape index (κ1) is 6.28. The topological polar surface area (TPSA) is 35.2 Å². The van der Waals surface area contributed by atoms with E-state index in [0.29, 0.717) is 0 Å². The summed E-state index contributed by atoms with van der Waals surface area (Å²) < 4.78 is 5.39. The molecule has 0 fully saturated rings. The van der Waals surface area contributed by atoms with Crippen LogP contribution in [0.2, 0.25) is 0 Å². The zero-order chi connectivity index (χ0) is 7.68. The van der Waals surface area contributed by atoms with Crippen LogP contribution in [0, 0.1) is 0 Å². The van der Waals surface area contributed by atoms with Gasteiger partial charge in [-0.2, -0.15) is 0 Å². The first-order chi connectivity index (χ1) is 5.40. The van der Waals surface area contributed by atoms with E-state index < -0.39 is 0 Å². The molecular formula is C9H9NO. The summed E-state index contributed by atoms with van der Waals surface area (Å²) in [5.41, 5.74) is 6.54. The third-order valence-electron chi connectivity index (χ3n) is 1.76. The molecule has 0 atom stereocenters. The Morgan fingerprint density at radius 2 is 2.18 bits per heavy atom. The molecule has 2 heteroatoms. The van der Waals surface area contributed by atoms with E-state index in [0.717, 1.165) is 17.9 Å². The third-order valence-corrected chi connectivity index (χ3v) is 1.76. The predicted molar refractivity (Wildman–Crippen MR) is 43.0 cm³/mol. The standard InChI is InChI=1S/C9H9NO/c10-6-8-5-7-3-1-2-4-9(7)11-8/h1-4,6H,5,10H2. The quantitative estimate of drug-likeness (QED) is 0.602. The number of ether oxygens (including phenoxy) is 1. The fraction of sp³-hybridized carbons (Fsp3) is 0.111. The number of fused-ring (bicyclic) bond motifs is 1. The first-order valence-electron chi connectivity index (χ1n) is 3.56. The lowest BCUT2D eigenvalue weighted by molar-refractivity contribution is 0.445. The molecule has 0 saturated carbocycles. The molecule has 0 amide bonds. The highest BCUT2D eigenvalue weighted by Crippen LogP contribution is 2.29. The monoisotopic (exact) mass is 147 g/mol. The molecular weight excluding hydrogens is 138 g/mol. The Kier molecular flexibility index (Phi) is 1.32. The van der Waals surface area contributed by atoms with Crippen molar-refractivity contribution < 1.29 is 4.74 Å². The van der Waals surface area contributed by atoms with Gasteiger partial charge in [0.05, 0.1) is 0 Å². The summed E-state index contributed by atoms with van der Waals surface area (Å²) in [6.45, 7) is 0. The van der Waals surface area contributed by atoms with Gasteiger partial charge in [0.25, 0.3) is 0 Å². The van der Waals surface area contributed by atoms with Crippen LogP contribution in [0.1, 0.15) is 5.56 Å². The molecule has 1 aliphatic rings. The van der Waals surface area contributed by atoms with Crippen LogP contribution in [0.3, 0.4) is 0 Å². The number of benzene rings is 1. The molecule has 0 bridgehead atoms. The van der Waals surface area contributed by atoms with E-state index in [9.17, 15) is 0 Å². The second-order valence-electron chi connectivity index (χ2n) is 2.52. The lowest BCUT2D eigenvalue weighted by atomic mass is 10.1. The number of nitrogens with two attached hydrogens (primary N) is 1. The van der Waals surface area contributed by atoms with Crippen molar-refractivity contribution in [2.45, 2.75) is 6.42 Å². The van der Waals surface area contributed by atoms with Crippen LogP contribution in [0.5, 0.6) is 5.75 Å². The Labute approximate surface area is 65.3 Å². The molecule has 0 radical (unpaired) electrons. The van der Waals surface area contributed by atoms with E-state index in [4.69, 9.17) is 10.5 Å². The second-order valence-corrected chi connectivity index (χ2v) is 2.52. The van der Waals surface area contributed by atoms with Crippen LogP contribution >= 0.6 is 0 Å². The lowest BCUT2D eigenvalue weighted by Crippen LogP contribution is -1.92. The minimum atomic E-state index is 0.826. The molecule has 2 N–H and O–H groups in total. The van der Waals surface area contributed by atoms with Crippen molar-refractivity contribution in [3.05, 3.63) is 41.8 Å². The Morgan fingerprint density at radius 3 is 2.91 bits per heavy atom. The molecule has 0 unspecified atom stereocenters. The minimum absolute atomic E-state index is 0.826.